The molecule has 3 aromatic rings. The van der Waals surface area contributed by atoms with Gasteiger partial charge >= 0.3 is 0 Å². The van der Waals surface area contributed by atoms with Crippen LogP contribution in [-0.2, 0) is 11.3 Å². The summed E-state index contributed by atoms with van der Waals surface area (Å²) in [7, 11) is 0. The molecule has 1 aromatic carbocycles. The number of thioether (sulfide) groups is 1. The Bertz CT molecular complexity index is 902. The van der Waals surface area contributed by atoms with Crippen molar-refractivity contribution in [3.63, 3.8) is 0 Å². The highest BCUT2D eigenvalue weighted by molar-refractivity contribution is 8.00. The Balaban J connectivity index is 1.55. The van der Waals surface area contributed by atoms with E-state index in [0.717, 1.165) is 18.4 Å². The van der Waals surface area contributed by atoms with Crippen molar-refractivity contribution in [1.82, 2.24) is 20.1 Å². The number of benzene rings is 1. The standard InChI is InChI=1S/C21H24N4O2S/c1-15(20(26)22-17-10-5-6-11-17)28-21-24-23-19(18-12-7-13-27-18)25(21)14-16-8-3-2-4-9-16/h2-4,7-9,12-13,15,17H,5-6,10-11,14H2,1H3,(H,22,26). The van der Waals surface area contributed by atoms with Crippen LogP contribution in [0.5, 0.6) is 0 Å². The second kappa shape index (κ2) is 8.65. The van der Waals surface area contributed by atoms with Gasteiger partial charge in [0, 0.05) is 6.04 Å². The Morgan fingerprint density at radius 3 is 2.71 bits per heavy atom. The number of rotatable bonds is 7. The highest BCUT2D eigenvalue weighted by Crippen LogP contribution is 2.28. The number of hydrogen-bond donors (Lipinski definition) is 1. The lowest BCUT2D eigenvalue weighted by molar-refractivity contribution is -0.120. The van der Waals surface area contributed by atoms with E-state index < -0.39 is 0 Å². The molecule has 1 atom stereocenters. The minimum atomic E-state index is -0.247. The summed E-state index contributed by atoms with van der Waals surface area (Å²) in [5.41, 5.74) is 1.14. The fourth-order valence-corrected chi connectivity index (χ4v) is 4.33. The van der Waals surface area contributed by atoms with Crippen molar-refractivity contribution in [2.75, 3.05) is 0 Å². The van der Waals surface area contributed by atoms with E-state index in [1.54, 1.807) is 6.26 Å². The van der Waals surface area contributed by atoms with Crippen LogP contribution in [0.4, 0.5) is 0 Å². The summed E-state index contributed by atoms with van der Waals surface area (Å²) in [5, 5.41) is 12.3. The van der Waals surface area contributed by atoms with Crippen molar-refractivity contribution in [3.8, 4) is 11.6 Å². The van der Waals surface area contributed by atoms with E-state index in [1.165, 1.54) is 24.6 Å². The summed E-state index contributed by atoms with van der Waals surface area (Å²) in [5.74, 6) is 1.39. The number of aromatic nitrogens is 3. The minimum Gasteiger partial charge on any atom is -0.461 e. The lowest BCUT2D eigenvalue weighted by atomic mass is 10.2. The lowest BCUT2D eigenvalue weighted by Crippen LogP contribution is -2.37. The van der Waals surface area contributed by atoms with Crippen LogP contribution in [0.2, 0.25) is 0 Å². The molecule has 1 fully saturated rings. The van der Waals surface area contributed by atoms with Gasteiger partial charge in [-0.05, 0) is 37.5 Å². The van der Waals surface area contributed by atoms with E-state index >= 15 is 0 Å². The molecule has 146 valence electrons. The highest BCUT2D eigenvalue weighted by atomic mass is 32.2. The zero-order valence-electron chi connectivity index (χ0n) is 15.9. The maximum absolute atomic E-state index is 12.6. The summed E-state index contributed by atoms with van der Waals surface area (Å²) in [4.78, 5) is 12.6. The van der Waals surface area contributed by atoms with Crippen LogP contribution in [0, 0.1) is 0 Å². The van der Waals surface area contributed by atoms with Crippen LogP contribution < -0.4 is 5.32 Å². The van der Waals surface area contributed by atoms with Gasteiger partial charge in [-0.3, -0.25) is 9.36 Å². The van der Waals surface area contributed by atoms with Crippen molar-refractivity contribution in [2.24, 2.45) is 0 Å². The quantitative estimate of drug-likeness (QED) is 0.608. The molecule has 1 aliphatic rings. The third kappa shape index (κ3) is 4.30. The normalized spacial score (nSPS) is 15.6. The van der Waals surface area contributed by atoms with Gasteiger partial charge in [0.1, 0.15) is 0 Å². The molecule has 0 spiro atoms. The molecule has 1 aliphatic carbocycles. The third-order valence-corrected chi connectivity index (χ3v) is 6.08. The van der Waals surface area contributed by atoms with Gasteiger partial charge in [0.15, 0.2) is 10.9 Å². The first-order valence-corrected chi connectivity index (χ1v) is 10.6. The molecule has 0 radical (unpaired) electrons. The van der Waals surface area contributed by atoms with Gasteiger partial charge in [-0.15, -0.1) is 10.2 Å². The smallest absolute Gasteiger partial charge is 0.233 e. The summed E-state index contributed by atoms with van der Waals surface area (Å²) in [6.07, 6.45) is 6.18. The number of carbonyl (C=O) groups is 1. The van der Waals surface area contributed by atoms with E-state index in [1.807, 2.05) is 41.8 Å². The molecule has 0 aliphatic heterocycles. The molecule has 1 amide bonds. The predicted molar refractivity (Wildman–Crippen MR) is 109 cm³/mol. The van der Waals surface area contributed by atoms with Crippen LogP contribution in [0.3, 0.4) is 0 Å². The number of nitrogens with one attached hydrogen (secondary N) is 1. The van der Waals surface area contributed by atoms with Crippen molar-refractivity contribution < 1.29 is 9.21 Å². The average molecular weight is 397 g/mol. The molecule has 7 heteroatoms. The molecule has 28 heavy (non-hydrogen) atoms. The molecule has 2 aromatic heterocycles. The maximum atomic E-state index is 12.6. The van der Waals surface area contributed by atoms with Crippen molar-refractivity contribution >= 4 is 17.7 Å². The molecule has 6 nitrogen and oxygen atoms in total. The van der Waals surface area contributed by atoms with Gasteiger partial charge < -0.3 is 9.73 Å². The lowest BCUT2D eigenvalue weighted by Gasteiger charge is -2.16. The van der Waals surface area contributed by atoms with Crippen LogP contribution in [-0.4, -0.2) is 32.0 Å². The number of amides is 1. The summed E-state index contributed by atoms with van der Waals surface area (Å²) in [6.45, 7) is 2.53. The van der Waals surface area contributed by atoms with Crippen LogP contribution in [0.25, 0.3) is 11.6 Å². The van der Waals surface area contributed by atoms with E-state index in [-0.39, 0.29) is 11.2 Å². The van der Waals surface area contributed by atoms with Gasteiger partial charge in [-0.1, -0.05) is 54.9 Å². The average Bonchev–Trinajstić information content (AvgIpc) is 3.46. The summed E-state index contributed by atoms with van der Waals surface area (Å²) >= 11 is 1.43. The first-order chi connectivity index (χ1) is 13.7. The monoisotopic (exact) mass is 396 g/mol. The van der Waals surface area contributed by atoms with E-state index in [9.17, 15) is 4.79 Å². The maximum Gasteiger partial charge on any atom is 0.233 e. The van der Waals surface area contributed by atoms with Gasteiger partial charge in [0.2, 0.25) is 11.7 Å². The Morgan fingerprint density at radius 2 is 2.00 bits per heavy atom. The van der Waals surface area contributed by atoms with Gasteiger partial charge in [0.05, 0.1) is 18.1 Å². The highest BCUT2D eigenvalue weighted by Gasteiger charge is 2.24. The Labute approximate surface area is 168 Å². The fraction of sp³-hybridized carbons (Fsp3) is 0.381. The van der Waals surface area contributed by atoms with E-state index in [0.29, 0.717) is 29.3 Å². The number of hydrogen-bond acceptors (Lipinski definition) is 5. The zero-order chi connectivity index (χ0) is 19.3. The molecule has 4 rings (SSSR count). The minimum absolute atomic E-state index is 0.0608. The SMILES string of the molecule is CC(Sc1nnc(-c2ccco2)n1Cc1ccccc1)C(=O)NC1CCCC1. The molecule has 0 bridgehead atoms. The van der Waals surface area contributed by atoms with Gasteiger partial charge in [-0.2, -0.15) is 0 Å². The van der Waals surface area contributed by atoms with Crippen molar-refractivity contribution in [2.45, 2.75) is 55.6 Å². The molecule has 2 heterocycles. The van der Waals surface area contributed by atoms with Crippen LogP contribution in [0.15, 0.2) is 58.3 Å². The Kier molecular flexibility index (Phi) is 5.81. The third-order valence-electron chi connectivity index (χ3n) is 4.99. The molecule has 1 unspecified atom stereocenters. The van der Waals surface area contributed by atoms with Gasteiger partial charge in [-0.25, -0.2) is 0 Å². The molecular weight excluding hydrogens is 372 g/mol. The van der Waals surface area contributed by atoms with E-state index in [2.05, 4.69) is 27.6 Å². The zero-order valence-corrected chi connectivity index (χ0v) is 16.7. The number of furan rings is 1. The largest absolute Gasteiger partial charge is 0.461 e. The number of nitrogens with zero attached hydrogens (tertiary/aromatic N) is 3. The second-order valence-corrected chi connectivity index (χ2v) is 8.41. The topological polar surface area (TPSA) is 73.0 Å². The summed E-state index contributed by atoms with van der Waals surface area (Å²) in [6, 6.07) is 14.2. The van der Waals surface area contributed by atoms with Crippen molar-refractivity contribution in [3.05, 3.63) is 54.3 Å². The van der Waals surface area contributed by atoms with Crippen LogP contribution >= 0.6 is 11.8 Å². The Morgan fingerprint density at radius 1 is 1.21 bits per heavy atom. The van der Waals surface area contributed by atoms with E-state index in [4.69, 9.17) is 4.42 Å². The molecular formula is C21H24N4O2S. The molecule has 1 N–H and O–H groups in total. The van der Waals surface area contributed by atoms with Crippen molar-refractivity contribution in [1.29, 1.82) is 0 Å². The van der Waals surface area contributed by atoms with Gasteiger partial charge in [0.25, 0.3) is 0 Å². The Hall–Kier alpha value is -2.54. The molecule has 1 saturated carbocycles. The second-order valence-electron chi connectivity index (χ2n) is 7.11. The first-order valence-electron chi connectivity index (χ1n) is 9.69. The van der Waals surface area contributed by atoms with Crippen LogP contribution in [0.1, 0.15) is 38.2 Å². The number of carbonyl (C=O) groups excluding carboxylic acids is 1. The predicted octanol–water partition coefficient (Wildman–Crippen LogP) is 4.13. The first kappa shape index (κ1) is 18.8. The summed E-state index contributed by atoms with van der Waals surface area (Å²) < 4.78 is 7.55. The molecule has 0 saturated heterocycles. The fourth-order valence-electron chi connectivity index (χ4n) is 3.47.